The van der Waals surface area contributed by atoms with E-state index in [0.717, 1.165) is 13.1 Å². The summed E-state index contributed by atoms with van der Waals surface area (Å²) in [5, 5.41) is 0. The van der Waals surface area contributed by atoms with Crippen molar-refractivity contribution < 1.29 is 4.39 Å². The second-order valence-corrected chi connectivity index (χ2v) is 3.95. The molecule has 0 aromatic heterocycles. The molecule has 1 saturated heterocycles. The maximum Gasteiger partial charge on any atom is 0.0906 e. The molecule has 0 aromatic rings. The minimum Gasteiger partial charge on any atom is -0.298 e. The topological polar surface area (TPSA) is 3.24 Å². The molecule has 11 heavy (non-hydrogen) atoms. The molecule has 1 aliphatic rings. The van der Waals surface area contributed by atoms with Gasteiger partial charge in [0.2, 0.25) is 0 Å². The molecular weight excluding hydrogens is 141 g/mol. The van der Waals surface area contributed by atoms with Gasteiger partial charge in [0.15, 0.2) is 0 Å². The molecule has 66 valence electrons. The van der Waals surface area contributed by atoms with Crippen molar-refractivity contribution >= 4 is 0 Å². The number of likely N-dealkylation sites (tertiary alicyclic amines) is 1. The molecule has 0 spiro atoms. The van der Waals surface area contributed by atoms with Crippen LogP contribution in [0.3, 0.4) is 0 Å². The highest BCUT2D eigenvalue weighted by Gasteiger charge is 2.30. The number of nitrogens with zero attached hydrogens (tertiary/aromatic N) is 1. The van der Waals surface area contributed by atoms with Gasteiger partial charge in [0.25, 0.3) is 0 Å². The summed E-state index contributed by atoms with van der Waals surface area (Å²) in [6, 6.07) is 0. The van der Waals surface area contributed by atoms with Crippen LogP contribution in [-0.4, -0.2) is 30.2 Å². The highest BCUT2D eigenvalue weighted by Crippen LogP contribution is 2.27. The fourth-order valence-electron chi connectivity index (χ4n) is 1.83. The highest BCUT2D eigenvalue weighted by atomic mass is 19.1. The van der Waals surface area contributed by atoms with Crippen LogP contribution in [-0.2, 0) is 0 Å². The predicted molar refractivity (Wildman–Crippen MR) is 45.5 cm³/mol. The maximum absolute atomic E-state index is 11.9. The fraction of sp³-hybridized carbons (Fsp3) is 1.00. The zero-order valence-corrected chi connectivity index (χ0v) is 7.57. The van der Waals surface area contributed by atoms with Crippen LogP contribution in [0.2, 0.25) is 0 Å². The number of alkyl halides is 1. The summed E-state index contributed by atoms with van der Waals surface area (Å²) in [7, 11) is 0. The smallest absolute Gasteiger partial charge is 0.0906 e. The third kappa shape index (κ3) is 2.16. The minimum absolute atomic E-state index is 0.174. The Morgan fingerprint density at radius 1 is 1.45 bits per heavy atom. The summed E-state index contributed by atoms with van der Waals surface area (Å²) in [5.41, 5.74) is 0.329. The predicted octanol–water partition coefficient (Wildman–Crippen LogP) is 2.22. The van der Waals surface area contributed by atoms with Gasteiger partial charge in [-0.15, -0.1) is 0 Å². The molecule has 0 radical (unpaired) electrons. The summed E-state index contributed by atoms with van der Waals surface area (Å²) < 4.78 is 11.9. The van der Waals surface area contributed by atoms with Gasteiger partial charge in [-0.2, -0.15) is 0 Å². The molecular formula is C9H18FN. The minimum atomic E-state index is -0.174. The summed E-state index contributed by atoms with van der Waals surface area (Å²) in [5.74, 6) is 0. The molecule has 1 heterocycles. The monoisotopic (exact) mass is 159 g/mol. The Bertz CT molecular complexity index is 123. The average Bonchev–Trinajstić information content (AvgIpc) is 2.25. The first-order valence-electron chi connectivity index (χ1n) is 4.48. The first-order valence-corrected chi connectivity index (χ1v) is 4.48. The molecule has 0 N–H and O–H groups in total. The third-order valence-electron chi connectivity index (χ3n) is 2.63. The highest BCUT2D eigenvalue weighted by molar-refractivity contribution is 4.87. The lowest BCUT2D eigenvalue weighted by Crippen LogP contribution is -2.38. The van der Waals surface area contributed by atoms with E-state index in [-0.39, 0.29) is 6.67 Å². The average molecular weight is 159 g/mol. The zero-order chi connectivity index (χ0) is 8.32. The summed E-state index contributed by atoms with van der Waals surface area (Å²) in [4.78, 5) is 2.40. The molecule has 0 aromatic carbocycles. The zero-order valence-electron chi connectivity index (χ0n) is 7.57. The van der Waals surface area contributed by atoms with E-state index in [1.807, 2.05) is 0 Å². The van der Waals surface area contributed by atoms with Crippen molar-refractivity contribution in [1.82, 2.24) is 4.90 Å². The van der Waals surface area contributed by atoms with E-state index in [2.05, 4.69) is 18.7 Å². The van der Waals surface area contributed by atoms with Crippen LogP contribution < -0.4 is 0 Å². The van der Waals surface area contributed by atoms with Crippen LogP contribution >= 0.6 is 0 Å². The van der Waals surface area contributed by atoms with Gasteiger partial charge in [0, 0.05) is 12.1 Å². The molecule has 0 saturated carbocycles. The van der Waals surface area contributed by atoms with Gasteiger partial charge in [-0.3, -0.25) is 9.29 Å². The van der Waals surface area contributed by atoms with Crippen molar-refractivity contribution in [3.8, 4) is 0 Å². The molecule has 2 heteroatoms. The van der Waals surface area contributed by atoms with E-state index in [1.54, 1.807) is 0 Å². The number of halogens is 1. The summed E-state index contributed by atoms with van der Waals surface area (Å²) >= 11 is 0. The molecule has 0 unspecified atom stereocenters. The van der Waals surface area contributed by atoms with E-state index in [4.69, 9.17) is 0 Å². The van der Waals surface area contributed by atoms with Gasteiger partial charge in [0.05, 0.1) is 6.67 Å². The van der Waals surface area contributed by atoms with Gasteiger partial charge < -0.3 is 0 Å². The number of rotatable bonds is 3. The second-order valence-electron chi connectivity index (χ2n) is 3.95. The van der Waals surface area contributed by atoms with Crippen molar-refractivity contribution in [2.24, 2.45) is 0 Å². The lowest BCUT2D eigenvalue weighted by atomic mass is 10.0. The Morgan fingerprint density at radius 3 is 2.64 bits per heavy atom. The third-order valence-corrected chi connectivity index (χ3v) is 2.63. The van der Waals surface area contributed by atoms with Crippen LogP contribution in [0.25, 0.3) is 0 Å². The Labute approximate surface area is 68.6 Å². The lowest BCUT2D eigenvalue weighted by Gasteiger charge is -2.31. The Morgan fingerprint density at radius 2 is 2.18 bits per heavy atom. The summed E-state index contributed by atoms with van der Waals surface area (Å²) in [6.45, 7) is 6.42. The standard InChI is InChI=1S/C9H18FN/c1-9(2)5-3-7-11(9)8-4-6-10/h3-8H2,1-2H3. The van der Waals surface area contributed by atoms with E-state index in [0.29, 0.717) is 12.0 Å². The van der Waals surface area contributed by atoms with Gasteiger partial charge in [-0.05, 0) is 39.7 Å². The molecule has 1 nitrogen and oxygen atoms in total. The SMILES string of the molecule is CC1(C)CCCN1CCCF. The van der Waals surface area contributed by atoms with Crippen molar-refractivity contribution in [3.05, 3.63) is 0 Å². The second kappa shape index (κ2) is 3.53. The van der Waals surface area contributed by atoms with Crippen LogP contribution in [0, 0.1) is 0 Å². The molecule has 1 rings (SSSR count). The first kappa shape index (κ1) is 8.98. The molecule has 1 aliphatic heterocycles. The molecule has 0 aliphatic carbocycles. The molecule has 0 amide bonds. The van der Waals surface area contributed by atoms with Crippen LogP contribution in [0.15, 0.2) is 0 Å². The number of hydrogen-bond donors (Lipinski definition) is 0. The van der Waals surface area contributed by atoms with Crippen molar-refractivity contribution in [1.29, 1.82) is 0 Å². The summed E-state index contributed by atoms with van der Waals surface area (Å²) in [6.07, 6.45) is 3.24. The van der Waals surface area contributed by atoms with E-state index >= 15 is 0 Å². The normalized spacial score (nSPS) is 24.3. The van der Waals surface area contributed by atoms with Gasteiger partial charge >= 0.3 is 0 Å². The van der Waals surface area contributed by atoms with E-state index < -0.39 is 0 Å². The van der Waals surface area contributed by atoms with Gasteiger partial charge in [0.1, 0.15) is 0 Å². The molecule has 0 atom stereocenters. The van der Waals surface area contributed by atoms with Crippen molar-refractivity contribution in [2.75, 3.05) is 19.8 Å². The number of hydrogen-bond acceptors (Lipinski definition) is 1. The molecule has 1 fully saturated rings. The van der Waals surface area contributed by atoms with Gasteiger partial charge in [-0.1, -0.05) is 0 Å². The lowest BCUT2D eigenvalue weighted by molar-refractivity contribution is 0.168. The Kier molecular flexibility index (Phi) is 2.88. The molecule has 0 bridgehead atoms. The first-order chi connectivity index (χ1) is 5.17. The van der Waals surface area contributed by atoms with Crippen LogP contribution in [0.1, 0.15) is 33.1 Å². The largest absolute Gasteiger partial charge is 0.298 e. The fourth-order valence-corrected chi connectivity index (χ4v) is 1.83. The van der Waals surface area contributed by atoms with Crippen LogP contribution in [0.5, 0.6) is 0 Å². The van der Waals surface area contributed by atoms with Gasteiger partial charge in [-0.25, -0.2) is 0 Å². The maximum atomic E-state index is 11.9. The Balaban J connectivity index is 2.32. The Hall–Kier alpha value is -0.110. The van der Waals surface area contributed by atoms with E-state index in [1.165, 1.54) is 12.8 Å². The van der Waals surface area contributed by atoms with Crippen molar-refractivity contribution in [3.63, 3.8) is 0 Å². The van der Waals surface area contributed by atoms with E-state index in [9.17, 15) is 4.39 Å². The van der Waals surface area contributed by atoms with Crippen molar-refractivity contribution in [2.45, 2.75) is 38.6 Å². The van der Waals surface area contributed by atoms with Crippen LogP contribution in [0.4, 0.5) is 4.39 Å². The quantitative estimate of drug-likeness (QED) is 0.610.